The molecular formula is C15H16O4. The molecule has 0 radical (unpaired) electrons. The smallest absolute Gasteiger partial charge is 0.379 e. The van der Waals surface area contributed by atoms with E-state index in [0.29, 0.717) is 6.61 Å². The average Bonchev–Trinajstić information content (AvgIpc) is 2.45. The van der Waals surface area contributed by atoms with Crippen molar-refractivity contribution in [3.63, 3.8) is 0 Å². The van der Waals surface area contributed by atoms with Gasteiger partial charge in [-0.05, 0) is 5.56 Å². The summed E-state index contributed by atoms with van der Waals surface area (Å²) >= 11 is 0. The summed E-state index contributed by atoms with van der Waals surface area (Å²) < 4.78 is 9.92. The zero-order valence-corrected chi connectivity index (χ0v) is 10.6. The molecule has 0 saturated heterocycles. The van der Waals surface area contributed by atoms with E-state index in [1.165, 1.54) is 0 Å². The number of rotatable bonds is 8. The van der Waals surface area contributed by atoms with E-state index >= 15 is 0 Å². The highest BCUT2D eigenvalue weighted by Gasteiger charge is 2.18. The normalized spacial score (nSPS) is 9.68. The van der Waals surface area contributed by atoms with E-state index in [-0.39, 0.29) is 18.8 Å². The van der Waals surface area contributed by atoms with Crippen molar-refractivity contribution in [2.75, 3.05) is 13.2 Å². The second-order valence-electron chi connectivity index (χ2n) is 3.80. The Kier molecular flexibility index (Phi) is 6.26. The molecule has 100 valence electrons. The number of hydrogen-bond acceptors (Lipinski definition) is 4. The van der Waals surface area contributed by atoms with Gasteiger partial charge in [0, 0.05) is 5.57 Å². The molecule has 0 aliphatic heterocycles. The van der Waals surface area contributed by atoms with Crippen LogP contribution in [0.5, 0.6) is 0 Å². The van der Waals surface area contributed by atoms with Crippen molar-refractivity contribution < 1.29 is 19.1 Å². The summed E-state index contributed by atoms with van der Waals surface area (Å²) in [7, 11) is 0. The SMILES string of the molecule is C=CCOCC(=C)C(=O)C(=O)OCc1ccccc1. The Balaban J connectivity index is 2.38. The first-order valence-corrected chi connectivity index (χ1v) is 5.77. The first-order valence-electron chi connectivity index (χ1n) is 5.77. The largest absolute Gasteiger partial charge is 0.455 e. The zero-order chi connectivity index (χ0) is 14.1. The summed E-state index contributed by atoms with van der Waals surface area (Å²) in [5.74, 6) is -1.68. The topological polar surface area (TPSA) is 52.6 Å². The van der Waals surface area contributed by atoms with Crippen LogP contribution in [0, 0.1) is 0 Å². The summed E-state index contributed by atoms with van der Waals surface area (Å²) in [4.78, 5) is 23.1. The number of carbonyl (C=O) groups is 2. The minimum Gasteiger partial charge on any atom is -0.455 e. The lowest BCUT2D eigenvalue weighted by atomic mass is 10.2. The first-order chi connectivity index (χ1) is 9.15. The van der Waals surface area contributed by atoms with Crippen molar-refractivity contribution in [3.05, 3.63) is 60.7 Å². The maximum Gasteiger partial charge on any atom is 0.379 e. The van der Waals surface area contributed by atoms with E-state index < -0.39 is 11.8 Å². The highest BCUT2D eigenvalue weighted by molar-refractivity contribution is 6.40. The molecule has 0 N–H and O–H groups in total. The maximum atomic E-state index is 11.6. The molecule has 0 aliphatic carbocycles. The lowest BCUT2D eigenvalue weighted by Crippen LogP contribution is -2.21. The fourth-order valence-electron chi connectivity index (χ4n) is 1.26. The molecule has 4 nitrogen and oxygen atoms in total. The molecule has 1 rings (SSSR count). The molecule has 1 aromatic rings. The molecule has 0 bridgehead atoms. The van der Waals surface area contributed by atoms with Gasteiger partial charge in [-0.3, -0.25) is 4.79 Å². The Hall–Kier alpha value is -2.20. The molecule has 19 heavy (non-hydrogen) atoms. The van der Waals surface area contributed by atoms with E-state index in [9.17, 15) is 9.59 Å². The summed E-state index contributed by atoms with van der Waals surface area (Å²) in [6.07, 6.45) is 1.55. The average molecular weight is 260 g/mol. The van der Waals surface area contributed by atoms with Crippen LogP contribution in [-0.2, 0) is 25.7 Å². The molecule has 0 spiro atoms. The molecule has 0 fully saturated rings. The van der Waals surface area contributed by atoms with Gasteiger partial charge in [-0.2, -0.15) is 0 Å². The molecule has 0 amide bonds. The van der Waals surface area contributed by atoms with Gasteiger partial charge < -0.3 is 9.47 Å². The molecule has 0 unspecified atom stereocenters. The Morgan fingerprint density at radius 3 is 2.53 bits per heavy atom. The first kappa shape index (κ1) is 14.9. The molecule has 0 saturated carbocycles. The monoisotopic (exact) mass is 260 g/mol. The number of ketones is 1. The lowest BCUT2D eigenvalue weighted by Gasteiger charge is -2.06. The van der Waals surface area contributed by atoms with Crippen LogP contribution >= 0.6 is 0 Å². The second-order valence-corrected chi connectivity index (χ2v) is 3.80. The highest BCUT2D eigenvalue weighted by Crippen LogP contribution is 2.03. The van der Waals surface area contributed by atoms with Gasteiger partial charge in [-0.25, -0.2) is 4.79 Å². The number of benzene rings is 1. The number of hydrogen-bond donors (Lipinski definition) is 0. The van der Waals surface area contributed by atoms with Crippen LogP contribution in [0.4, 0.5) is 0 Å². The summed E-state index contributed by atoms with van der Waals surface area (Å²) in [6.45, 7) is 7.31. The fourth-order valence-corrected chi connectivity index (χ4v) is 1.26. The number of esters is 1. The minimum atomic E-state index is -0.920. The van der Waals surface area contributed by atoms with Crippen molar-refractivity contribution in [1.29, 1.82) is 0 Å². The van der Waals surface area contributed by atoms with E-state index in [1.807, 2.05) is 18.2 Å². The molecule has 0 heterocycles. The Morgan fingerprint density at radius 1 is 1.21 bits per heavy atom. The van der Waals surface area contributed by atoms with Crippen molar-refractivity contribution in [2.24, 2.45) is 0 Å². The quantitative estimate of drug-likeness (QED) is 0.236. The van der Waals surface area contributed by atoms with Crippen LogP contribution in [0.1, 0.15) is 5.56 Å². The van der Waals surface area contributed by atoms with Crippen LogP contribution in [0.3, 0.4) is 0 Å². The summed E-state index contributed by atoms with van der Waals surface area (Å²) in [5, 5.41) is 0. The number of Topliss-reactive ketones (excluding diaryl/α,β-unsaturated/α-hetero) is 1. The predicted octanol–water partition coefficient (Wildman–Crippen LogP) is 2.06. The minimum absolute atomic E-state index is 0.00864. The molecule has 4 heteroatoms. The van der Waals surface area contributed by atoms with Crippen LogP contribution < -0.4 is 0 Å². The van der Waals surface area contributed by atoms with Crippen molar-refractivity contribution in [1.82, 2.24) is 0 Å². The second kappa shape index (κ2) is 8.00. The molecule has 0 atom stereocenters. The van der Waals surface area contributed by atoms with Gasteiger partial charge in [0.1, 0.15) is 6.61 Å². The Labute approximate surface area is 112 Å². The van der Waals surface area contributed by atoms with Gasteiger partial charge in [-0.15, -0.1) is 6.58 Å². The van der Waals surface area contributed by atoms with Gasteiger partial charge in [-0.1, -0.05) is 43.0 Å². The van der Waals surface area contributed by atoms with Crippen molar-refractivity contribution >= 4 is 11.8 Å². The van der Waals surface area contributed by atoms with Crippen LogP contribution in [0.15, 0.2) is 55.1 Å². The zero-order valence-electron chi connectivity index (χ0n) is 10.6. The standard InChI is InChI=1S/C15H16O4/c1-3-9-18-10-12(2)14(16)15(17)19-11-13-7-5-4-6-8-13/h3-8H,1-2,9-11H2. The van der Waals surface area contributed by atoms with Crippen LogP contribution in [0.2, 0.25) is 0 Å². The van der Waals surface area contributed by atoms with E-state index in [0.717, 1.165) is 5.56 Å². The number of carbonyl (C=O) groups excluding carboxylic acids is 2. The van der Waals surface area contributed by atoms with E-state index in [4.69, 9.17) is 9.47 Å². The van der Waals surface area contributed by atoms with Crippen LogP contribution in [0.25, 0.3) is 0 Å². The maximum absolute atomic E-state index is 11.6. The van der Waals surface area contributed by atoms with E-state index in [2.05, 4.69) is 13.2 Å². The fraction of sp³-hybridized carbons (Fsp3) is 0.200. The van der Waals surface area contributed by atoms with Gasteiger partial charge in [0.05, 0.1) is 13.2 Å². The van der Waals surface area contributed by atoms with Gasteiger partial charge >= 0.3 is 5.97 Å². The molecule has 1 aromatic carbocycles. The number of ether oxygens (including phenoxy) is 2. The van der Waals surface area contributed by atoms with Gasteiger partial charge in [0.25, 0.3) is 5.78 Å². The van der Waals surface area contributed by atoms with E-state index in [1.54, 1.807) is 18.2 Å². The predicted molar refractivity (Wildman–Crippen MR) is 71.4 cm³/mol. The third kappa shape index (κ3) is 5.31. The van der Waals surface area contributed by atoms with Gasteiger partial charge in [0.15, 0.2) is 0 Å². The van der Waals surface area contributed by atoms with Crippen LogP contribution in [-0.4, -0.2) is 25.0 Å². The van der Waals surface area contributed by atoms with Gasteiger partial charge in [0.2, 0.25) is 0 Å². The lowest BCUT2D eigenvalue weighted by molar-refractivity contribution is -0.153. The molecule has 0 aromatic heterocycles. The third-order valence-electron chi connectivity index (χ3n) is 2.23. The highest BCUT2D eigenvalue weighted by atomic mass is 16.5. The molecule has 0 aliphatic rings. The summed E-state index contributed by atoms with van der Waals surface area (Å²) in [6, 6.07) is 9.12. The summed E-state index contributed by atoms with van der Waals surface area (Å²) in [5.41, 5.74) is 0.886. The van der Waals surface area contributed by atoms with Crippen molar-refractivity contribution in [3.8, 4) is 0 Å². The Bertz CT molecular complexity index is 462. The third-order valence-corrected chi connectivity index (χ3v) is 2.23. The Morgan fingerprint density at radius 2 is 1.89 bits per heavy atom. The van der Waals surface area contributed by atoms with Crippen molar-refractivity contribution in [2.45, 2.75) is 6.61 Å². The molecular weight excluding hydrogens is 244 g/mol.